The Hall–Kier alpha value is -2.47. The Kier molecular flexibility index (Phi) is 4.52. The van der Waals surface area contributed by atoms with Crippen LogP contribution in [0.5, 0.6) is 11.5 Å². The van der Waals surface area contributed by atoms with Crippen molar-refractivity contribution >= 4 is 17.4 Å². The lowest BCUT2D eigenvalue weighted by molar-refractivity contribution is 0.129. The van der Waals surface area contributed by atoms with Crippen LogP contribution >= 0.6 is 11.6 Å². The maximum Gasteiger partial charge on any atom is 0.179 e. The number of hydrogen-bond acceptors (Lipinski definition) is 4. The molecule has 1 aliphatic heterocycles. The molecule has 120 valence electrons. The van der Waals surface area contributed by atoms with Crippen LogP contribution in [0.15, 0.2) is 41.6 Å². The maximum atomic E-state index is 12.9. The van der Waals surface area contributed by atoms with Crippen molar-refractivity contribution in [3.8, 4) is 11.5 Å². The standard InChI is InChI=1S/C16H14ClFN2O3/c17-13-7-10(8-14-15(13)22-6-5-21-14)9-23-20-16(19)11-1-3-12(18)4-2-11/h1-4,7-8H,5-6,9H2,(H2,19,20). The summed E-state index contributed by atoms with van der Waals surface area (Å²) in [6.07, 6.45) is 0. The minimum atomic E-state index is -0.339. The fourth-order valence-electron chi connectivity index (χ4n) is 2.10. The Labute approximate surface area is 137 Å². The van der Waals surface area contributed by atoms with E-state index in [9.17, 15) is 4.39 Å². The predicted molar refractivity (Wildman–Crippen MR) is 84.4 cm³/mol. The Bertz CT molecular complexity index is 735. The van der Waals surface area contributed by atoms with E-state index >= 15 is 0 Å². The lowest BCUT2D eigenvalue weighted by Gasteiger charge is -2.20. The van der Waals surface area contributed by atoms with Crippen molar-refractivity contribution in [3.05, 3.63) is 58.4 Å². The van der Waals surface area contributed by atoms with Gasteiger partial charge in [-0.2, -0.15) is 0 Å². The summed E-state index contributed by atoms with van der Waals surface area (Å²) in [5.41, 5.74) is 7.13. The van der Waals surface area contributed by atoms with Gasteiger partial charge in [0.1, 0.15) is 25.6 Å². The summed E-state index contributed by atoms with van der Waals surface area (Å²) < 4.78 is 23.8. The van der Waals surface area contributed by atoms with Crippen LogP contribution < -0.4 is 15.2 Å². The second-order valence-corrected chi connectivity index (χ2v) is 5.27. The van der Waals surface area contributed by atoms with E-state index < -0.39 is 0 Å². The summed E-state index contributed by atoms with van der Waals surface area (Å²) in [5.74, 6) is 0.941. The van der Waals surface area contributed by atoms with Crippen LogP contribution in [0, 0.1) is 5.82 Å². The molecular formula is C16H14ClFN2O3. The first-order chi connectivity index (χ1) is 11.1. The smallest absolute Gasteiger partial charge is 0.179 e. The number of benzene rings is 2. The summed E-state index contributed by atoms with van der Waals surface area (Å²) in [7, 11) is 0. The normalized spacial score (nSPS) is 13.7. The van der Waals surface area contributed by atoms with Gasteiger partial charge in [0.05, 0.1) is 5.02 Å². The molecule has 0 radical (unpaired) electrons. The molecule has 1 heterocycles. The molecule has 5 nitrogen and oxygen atoms in total. The second kappa shape index (κ2) is 6.75. The number of fused-ring (bicyclic) bond motifs is 1. The molecule has 2 aromatic rings. The number of halogens is 2. The van der Waals surface area contributed by atoms with Crippen LogP contribution in [0.2, 0.25) is 5.02 Å². The SMILES string of the molecule is N/C(=N\OCc1cc(Cl)c2c(c1)OCCO2)c1ccc(F)cc1. The van der Waals surface area contributed by atoms with Gasteiger partial charge in [0, 0.05) is 5.56 Å². The lowest BCUT2D eigenvalue weighted by Crippen LogP contribution is -2.16. The van der Waals surface area contributed by atoms with E-state index in [0.29, 0.717) is 35.3 Å². The first-order valence-corrected chi connectivity index (χ1v) is 7.30. The van der Waals surface area contributed by atoms with E-state index in [1.165, 1.54) is 24.3 Å². The third-order valence-electron chi connectivity index (χ3n) is 3.19. The van der Waals surface area contributed by atoms with E-state index in [2.05, 4.69) is 5.16 Å². The van der Waals surface area contributed by atoms with Gasteiger partial charge in [0.15, 0.2) is 17.3 Å². The summed E-state index contributed by atoms with van der Waals surface area (Å²) in [5, 5.41) is 4.27. The average molecular weight is 337 g/mol. The van der Waals surface area contributed by atoms with Crippen LogP contribution in [0.4, 0.5) is 4.39 Å². The van der Waals surface area contributed by atoms with Gasteiger partial charge >= 0.3 is 0 Å². The molecule has 0 aromatic heterocycles. The predicted octanol–water partition coefficient (Wildman–Crippen LogP) is 3.09. The van der Waals surface area contributed by atoms with Crippen molar-refractivity contribution in [1.82, 2.24) is 0 Å². The van der Waals surface area contributed by atoms with Gasteiger partial charge in [0.25, 0.3) is 0 Å². The number of ether oxygens (including phenoxy) is 2. The summed E-state index contributed by atoms with van der Waals surface area (Å²) in [6, 6.07) is 9.16. The second-order valence-electron chi connectivity index (χ2n) is 4.86. The van der Waals surface area contributed by atoms with Crippen molar-refractivity contribution in [2.24, 2.45) is 10.9 Å². The molecule has 0 saturated heterocycles. The molecule has 0 amide bonds. The largest absolute Gasteiger partial charge is 0.486 e. The molecule has 2 aromatic carbocycles. The Morgan fingerprint density at radius 1 is 1.22 bits per heavy atom. The highest BCUT2D eigenvalue weighted by Crippen LogP contribution is 2.38. The Morgan fingerprint density at radius 2 is 1.96 bits per heavy atom. The highest BCUT2D eigenvalue weighted by atomic mass is 35.5. The van der Waals surface area contributed by atoms with Gasteiger partial charge in [-0.1, -0.05) is 16.8 Å². The fourth-order valence-corrected chi connectivity index (χ4v) is 2.39. The van der Waals surface area contributed by atoms with Gasteiger partial charge in [-0.25, -0.2) is 4.39 Å². The minimum absolute atomic E-state index is 0.161. The van der Waals surface area contributed by atoms with Crippen LogP contribution in [0.25, 0.3) is 0 Å². The van der Waals surface area contributed by atoms with Crippen LogP contribution in [0.3, 0.4) is 0 Å². The lowest BCUT2D eigenvalue weighted by atomic mass is 10.2. The molecule has 0 spiro atoms. The van der Waals surface area contributed by atoms with E-state index in [1.54, 1.807) is 12.1 Å². The maximum absolute atomic E-state index is 12.9. The highest BCUT2D eigenvalue weighted by Gasteiger charge is 2.16. The van der Waals surface area contributed by atoms with Crippen molar-refractivity contribution in [2.45, 2.75) is 6.61 Å². The number of oxime groups is 1. The van der Waals surface area contributed by atoms with Crippen molar-refractivity contribution in [1.29, 1.82) is 0 Å². The van der Waals surface area contributed by atoms with Crippen LogP contribution in [0.1, 0.15) is 11.1 Å². The molecule has 2 N–H and O–H groups in total. The van der Waals surface area contributed by atoms with E-state index in [4.69, 9.17) is 31.6 Å². The molecule has 0 aliphatic carbocycles. The Morgan fingerprint density at radius 3 is 2.74 bits per heavy atom. The van der Waals surface area contributed by atoms with Gasteiger partial charge < -0.3 is 20.0 Å². The van der Waals surface area contributed by atoms with Gasteiger partial charge in [0.2, 0.25) is 0 Å². The van der Waals surface area contributed by atoms with Crippen LogP contribution in [-0.2, 0) is 11.4 Å². The van der Waals surface area contributed by atoms with Crippen molar-refractivity contribution < 1.29 is 18.7 Å². The molecular weight excluding hydrogens is 323 g/mol. The zero-order chi connectivity index (χ0) is 16.2. The zero-order valence-corrected chi connectivity index (χ0v) is 12.8. The molecule has 3 rings (SSSR count). The third-order valence-corrected chi connectivity index (χ3v) is 3.47. The molecule has 0 atom stereocenters. The fraction of sp³-hybridized carbons (Fsp3) is 0.188. The number of nitrogens with zero attached hydrogens (tertiary/aromatic N) is 1. The minimum Gasteiger partial charge on any atom is -0.486 e. The first-order valence-electron chi connectivity index (χ1n) is 6.93. The van der Waals surface area contributed by atoms with Crippen molar-refractivity contribution in [2.75, 3.05) is 13.2 Å². The molecule has 1 aliphatic rings. The highest BCUT2D eigenvalue weighted by molar-refractivity contribution is 6.32. The first kappa shape index (κ1) is 15.4. The molecule has 0 saturated carbocycles. The molecule has 23 heavy (non-hydrogen) atoms. The number of amidine groups is 1. The summed E-state index contributed by atoms with van der Waals surface area (Å²) >= 11 is 6.14. The van der Waals surface area contributed by atoms with Gasteiger partial charge in [-0.3, -0.25) is 0 Å². The molecule has 7 heteroatoms. The number of nitrogens with two attached hydrogens (primary N) is 1. The molecule has 0 bridgehead atoms. The van der Waals surface area contributed by atoms with E-state index in [1.807, 2.05) is 0 Å². The summed E-state index contributed by atoms with van der Waals surface area (Å²) in [6.45, 7) is 1.11. The quantitative estimate of drug-likeness (QED) is 0.529. The zero-order valence-electron chi connectivity index (χ0n) is 12.1. The third kappa shape index (κ3) is 3.65. The monoisotopic (exact) mass is 336 g/mol. The number of hydrogen-bond donors (Lipinski definition) is 1. The van der Waals surface area contributed by atoms with E-state index in [0.717, 1.165) is 5.56 Å². The molecule has 0 unspecified atom stereocenters. The Balaban J connectivity index is 1.67. The summed E-state index contributed by atoms with van der Waals surface area (Å²) in [4.78, 5) is 5.23. The van der Waals surface area contributed by atoms with E-state index in [-0.39, 0.29) is 18.3 Å². The number of rotatable bonds is 4. The van der Waals surface area contributed by atoms with Crippen LogP contribution in [-0.4, -0.2) is 19.0 Å². The average Bonchev–Trinajstić information content (AvgIpc) is 2.55. The molecule has 0 fully saturated rings. The van der Waals surface area contributed by atoms with Gasteiger partial charge in [-0.15, -0.1) is 0 Å². The van der Waals surface area contributed by atoms with Gasteiger partial charge in [-0.05, 0) is 42.0 Å². The topological polar surface area (TPSA) is 66.1 Å². The van der Waals surface area contributed by atoms with Crippen molar-refractivity contribution in [3.63, 3.8) is 0 Å².